The third kappa shape index (κ3) is 4.36. The molecule has 0 aliphatic heterocycles. The number of nitrogens with one attached hydrogen (secondary N) is 1. The molecule has 5 rings (SSSR count). The van der Waals surface area contributed by atoms with E-state index in [1.807, 2.05) is 0 Å². The Morgan fingerprint density at radius 2 is 1.86 bits per heavy atom. The molecule has 7 heteroatoms. The number of hydrogen-bond donors (Lipinski definition) is 1. The van der Waals surface area contributed by atoms with Crippen LogP contribution in [-0.2, 0) is 16.1 Å². The highest BCUT2D eigenvalue weighted by Crippen LogP contribution is 2.67. The van der Waals surface area contributed by atoms with Crippen molar-refractivity contribution >= 4 is 11.7 Å². The molecule has 8 atom stereocenters. The number of Topliss-reactive ketones (excluding diaryl/α,β-unsaturated/α-hetero) is 1. The molecule has 0 aromatic carbocycles. The van der Waals surface area contributed by atoms with Gasteiger partial charge in [-0.15, -0.1) is 5.10 Å². The summed E-state index contributed by atoms with van der Waals surface area (Å²) in [5.41, 5.74) is 0.853. The first-order valence-corrected chi connectivity index (χ1v) is 14.0. The monoisotopic (exact) mass is 484 g/mol. The van der Waals surface area contributed by atoms with Crippen LogP contribution in [0.4, 0.5) is 0 Å². The lowest BCUT2D eigenvalue weighted by atomic mass is 9.44. The van der Waals surface area contributed by atoms with Gasteiger partial charge in [-0.05, 0) is 91.8 Å². The molecule has 4 saturated carbocycles. The maximum Gasteiger partial charge on any atom is 0.273 e. The minimum atomic E-state index is -0.284. The quantitative estimate of drug-likeness (QED) is 0.575. The van der Waals surface area contributed by atoms with Crippen LogP contribution in [0.2, 0.25) is 0 Å². The molecule has 4 fully saturated rings. The summed E-state index contributed by atoms with van der Waals surface area (Å²) < 4.78 is 4.96. The van der Waals surface area contributed by atoms with Gasteiger partial charge in [-0.1, -0.05) is 27.2 Å². The number of fused-ring (bicyclic) bond motifs is 5. The number of nitrogens with zero attached hydrogens (tertiary/aromatic N) is 3. The molecule has 0 spiro atoms. The lowest BCUT2D eigenvalue weighted by Crippen LogP contribution is -2.53. The Morgan fingerprint density at radius 3 is 2.66 bits per heavy atom. The van der Waals surface area contributed by atoms with E-state index < -0.39 is 0 Å². The first-order chi connectivity index (χ1) is 16.8. The normalized spacial score (nSPS) is 40.5. The molecule has 1 amide bonds. The Morgan fingerprint density at radius 1 is 1.09 bits per heavy atom. The summed E-state index contributed by atoms with van der Waals surface area (Å²) in [6.45, 7) is 8.50. The van der Waals surface area contributed by atoms with E-state index in [4.69, 9.17) is 4.74 Å². The van der Waals surface area contributed by atoms with Gasteiger partial charge in [-0.3, -0.25) is 9.59 Å². The van der Waals surface area contributed by atoms with Crippen molar-refractivity contribution in [3.8, 4) is 0 Å². The van der Waals surface area contributed by atoms with Crippen molar-refractivity contribution in [3.05, 3.63) is 11.9 Å². The maximum atomic E-state index is 13.5. The first-order valence-electron chi connectivity index (χ1n) is 14.0. The highest BCUT2D eigenvalue weighted by atomic mass is 16.5. The number of rotatable bonds is 7. The van der Waals surface area contributed by atoms with Gasteiger partial charge in [0.05, 0.1) is 12.8 Å². The van der Waals surface area contributed by atoms with Gasteiger partial charge in [0.2, 0.25) is 0 Å². The number of ketones is 1. The summed E-state index contributed by atoms with van der Waals surface area (Å²) in [5.74, 6) is 4.12. The van der Waals surface area contributed by atoms with Crippen LogP contribution in [0, 0.1) is 46.3 Å². The lowest BCUT2D eigenvalue weighted by molar-refractivity contribution is -0.137. The zero-order valence-electron chi connectivity index (χ0n) is 22.1. The Bertz CT molecular complexity index is 946. The predicted octanol–water partition coefficient (Wildman–Crippen LogP) is 4.52. The maximum absolute atomic E-state index is 13.5. The SMILES string of the molecule is COCCNC(=O)c1cnn(CC(=O)C2CCC3C4CCC5C[C@@H](C)CCC5(C)C4CCC23C)n1. The van der Waals surface area contributed by atoms with E-state index in [9.17, 15) is 9.59 Å². The molecule has 4 aliphatic carbocycles. The Labute approximate surface area is 210 Å². The average molecular weight is 485 g/mol. The third-order valence-corrected chi connectivity index (χ3v) is 11.0. The molecule has 35 heavy (non-hydrogen) atoms. The second kappa shape index (κ2) is 9.60. The highest BCUT2D eigenvalue weighted by molar-refractivity contribution is 5.91. The van der Waals surface area contributed by atoms with Crippen LogP contribution in [0.1, 0.15) is 89.0 Å². The lowest BCUT2D eigenvalue weighted by Gasteiger charge is -2.61. The van der Waals surface area contributed by atoms with Crippen molar-refractivity contribution < 1.29 is 14.3 Å². The smallest absolute Gasteiger partial charge is 0.273 e. The van der Waals surface area contributed by atoms with Crippen LogP contribution in [0.25, 0.3) is 0 Å². The number of carbonyl (C=O) groups excluding carboxylic acids is 2. The molecule has 194 valence electrons. The van der Waals surface area contributed by atoms with Crippen LogP contribution >= 0.6 is 0 Å². The van der Waals surface area contributed by atoms with E-state index in [2.05, 4.69) is 36.3 Å². The summed E-state index contributed by atoms with van der Waals surface area (Å²) >= 11 is 0. The Balaban J connectivity index is 1.25. The average Bonchev–Trinajstić information content (AvgIpc) is 3.43. The summed E-state index contributed by atoms with van der Waals surface area (Å²) in [4.78, 5) is 27.2. The molecule has 1 aromatic heterocycles. The molecule has 1 N–H and O–H groups in total. The van der Waals surface area contributed by atoms with Crippen LogP contribution < -0.4 is 5.32 Å². The number of aromatic nitrogens is 3. The molecule has 1 aromatic rings. The second-order valence-corrected chi connectivity index (χ2v) is 12.7. The van der Waals surface area contributed by atoms with Crippen molar-refractivity contribution in [2.45, 2.75) is 85.1 Å². The van der Waals surface area contributed by atoms with Gasteiger partial charge in [0.25, 0.3) is 5.91 Å². The van der Waals surface area contributed by atoms with Crippen molar-refractivity contribution in [2.75, 3.05) is 20.3 Å². The highest BCUT2D eigenvalue weighted by Gasteiger charge is 2.60. The van der Waals surface area contributed by atoms with Gasteiger partial charge in [-0.25, -0.2) is 0 Å². The van der Waals surface area contributed by atoms with E-state index in [1.165, 1.54) is 62.4 Å². The van der Waals surface area contributed by atoms with Crippen LogP contribution in [0.5, 0.6) is 0 Å². The third-order valence-electron chi connectivity index (χ3n) is 11.0. The summed E-state index contributed by atoms with van der Waals surface area (Å²) in [7, 11) is 1.59. The van der Waals surface area contributed by atoms with Crippen molar-refractivity contribution in [1.29, 1.82) is 0 Å². The fourth-order valence-corrected chi connectivity index (χ4v) is 9.09. The Hall–Kier alpha value is -1.76. The fraction of sp³-hybridized carbons (Fsp3) is 0.857. The van der Waals surface area contributed by atoms with Gasteiger partial charge in [-0.2, -0.15) is 9.90 Å². The van der Waals surface area contributed by atoms with Gasteiger partial charge in [0, 0.05) is 19.6 Å². The minimum absolute atomic E-state index is 0.0790. The fourth-order valence-electron chi connectivity index (χ4n) is 9.09. The molecule has 4 aliphatic rings. The molecule has 0 saturated heterocycles. The van der Waals surface area contributed by atoms with Gasteiger partial charge >= 0.3 is 0 Å². The predicted molar refractivity (Wildman–Crippen MR) is 134 cm³/mol. The van der Waals surface area contributed by atoms with Crippen LogP contribution in [0.3, 0.4) is 0 Å². The number of carbonyl (C=O) groups is 2. The number of ether oxygens (including phenoxy) is 1. The Kier molecular flexibility index (Phi) is 6.84. The minimum Gasteiger partial charge on any atom is -0.383 e. The van der Waals surface area contributed by atoms with E-state index in [0.29, 0.717) is 24.5 Å². The summed E-state index contributed by atoms with van der Waals surface area (Å²) in [6.07, 6.45) is 13.1. The number of hydrogen-bond acceptors (Lipinski definition) is 5. The van der Waals surface area contributed by atoms with Crippen LogP contribution in [0.15, 0.2) is 6.20 Å². The van der Waals surface area contributed by atoms with E-state index >= 15 is 0 Å². The van der Waals surface area contributed by atoms with Crippen molar-refractivity contribution in [2.24, 2.45) is 46.3 Å². The molecular formula is C28H44N4O3. The number of methoxy groups -OCH3 is 1. The van der Waals surface area contributed by atoms with Gasteiger partial charge in [0.15, 0.2) is 11.5 Å². The standard InChI is InChI=1S/C28H44N4O3/c1-18-9-11-27(2)19(15-18)5-6-20-21-7-8-23(28(21,3)12-10-22(20)27)25(33)17-32-30-16-24(31-32)26(34)29-13-14-35-4/h16,18-23H,5-15,17H2,1-4H3,(H,29,34)/t18-,19?,20?,21?,22?,23?,27?,28?/m0/s1. The molecule has 7 nitrogen and oxygen atoms in total. The zero-order chi connectivity index (χ0) is 24.8. The van der Waals surface area contributed by atoms with Crippen LogP contribution in [-0.4, -0.2) is 46.9 Å². The van der Waals surface area contributed by atoms with Crippen molar-refractivity contribution in [1.82, 2.24) is 20.3 Å². The van der Waals surface area contributed by atoms with E-state index in [0.717, 1.165) is 30.1 Å². The summed E-state index contributed by atoms with van der Waals surface area (Å²) in [6, 6.07) is 0. The topological polar surface area (TPSA) is 86.1 Å². The largest absolute Gasteiger partial charge is 0.383 e. The molecule has 0 bridgehead atoms. The van der Waals surface area contributed by atoms with Gasteiger partial charge < -0.3 is 10.1 Å². The summed E-state index contributed by atoms with van der Waals surface area (Å²) in [5, 5.41) is 11.3. The zero-order valence-corrected chi connectivity index (χ0v) is 22.1. The van der Waals surface area contributed by atoms with Crippen molar-refractivity contribution in [3.63, 3.8) is 0 Å². The first kappa shape index (κ1) is 24.9. The molecule has 7 unspecified atom stereocenters. The van der Waals surface area contributed by atoms with Gasteiger partial charge in [0.1, 0.15) is 6.54 Å². The second-order valence-electron chi connectivity index (χ2n) is 12.7. The molecule has 0 radical (unpaired) electrons. The molecule has 1 heterocycles. The molecular weight excluding hydrogens is 440 g/mol. The van der Waals surface area contributed by atoms with E-state index in [1.54, 1.807) is 7.11 Å². The van der Waals surface area contributed by atoms with E-state index in [-0.39, 0.29) is 35.3 Å². The number of amides is 1.